The molecule has 3 aromatic rings. The predicted octanol–water partition coefficient (Wildman–Crippen LogP) is 3.36. The van der Waals surface area contributed by atoms with Crippen molar-refractivity contribution in [1.29, 1.82) is 0 Å². The van der Waals surface area contributed by atoms with Gasteiger partial charge in [-0.05, 0) is 37.8 Å². The summed E-state index contributed by atoms with van der Waals surface area (Å²) >= 11 is 0. The van der Waals surface area contributed by atoms with E-state index >= 15 is 0 Å². The topological polar surface area (TPSA) is 94.2 Å². The van der Waals surface area contributed by atoms with E-state index < -0.39 is 0 Å². The summed E-state index contributed by atoms with van der Waals surface area (Å²) < 4.78 is 11.6. The van der Waals surface area contributed by atoms with Gasteiger partial charge in [-0.3, -0.25) is 9.78 Å². The Morgan fingerprint density at radius 3 is 2.97 bits per heavy atom. The van der Waals surface area contributed by atoms with Crippen molar-refractivity contribution in [2.24, 2.45) is 0 Å². The van der Waals surface area contributed by atoms with Crippen molar-refractivity contribution < 1.29 is 13.9 Å². The van der Waals surface area contributed by atoms with Crippen LogP contribution in [0.15, 0.2) is 47.3 Å². The fraction of sp³-hybridized carbons (Fsp3) is 0.381. The number of carbonyl (C=O) groups is 1. The second kappa shape index (κ2) is 8.81. The smallest absolute Gasteiger partial charge is 0.267 e. The summed E-state index contributed by atoms with van der Waals surface area (Å²) in [6.07, 6.45) is 7.81. The number of hydrogen-bond donors (Lipinski definition) is 0. The number of aryl methyl sites for hydroxylation is 1. The maximum Gasteiger partial charge on any atom is 0.267 e. The molecule has 4 rings (SSSR count). The normalized spacial score (nSPS) is 16.6. The molecule has 0 radical (unpaired) electrons. The van der Waals surface area contributed by atoms with Gasteiger partial charge in [-0.15, -0.1) is 10.2 Å². The van der Waals surface area contributed by atoms with Gasteiger partial charge in [0.15, 0.2) is 0 Å². The zero-order valence-corrected chi connectivity index (χ0v) is 16.3. The van der Waals surface area contributed by atoms with Gasteiger partial charge in [0, 0.05) is 18.9 Å². The Kier molecular flexibility index (Phi) is 5.79. The first-order chi connectivity index (χ1) is 14.2. The lowest BCUT2D eigenvalue weighted by atomic mass is 10.0. The summed E-state index contributed by atoms with van der Waals surface area (Å²) in [5.74, 6) is 1.59. The molecule has 0 saturated carbocycles. The number of piperidine rings is 1. The third-order valence-corrected chi connectivity index (χ3v) is 5.00. The molecule has 0 unspecified atom stereocenters. The number of ether oxygens (including phenoxy) is 1. The van der Waals surface area contributed by atoms with Crippen molar-refractivity contribution in [3.05, 3.63) is 54.3 Å². The van der Waals surface area contributed by atoms with Gasteiger partial charge in [0.2, 0.25) is 11.8 Å². The van der Waals surface area contributed by atoms with Crippen LogP contribution in [0.2, 0.25) is 0 Å². The number of aromatic nitrogens is 4. The molecule has 3 heterocycles. The highest BCUT2D eigenvalue weighted by Crippen LogP contribution is 2.32. The van der Waals surface area contributed by atoms with Gasteiger partial charge in [0.25, 0.3) is 5.89 Å². The molecule has 1 saturated heterocycles. The summed E-state index contributed by atoms with van der Waals surface area (Å²) in [6.45, 7) is 3.00. The maximum atomic E-state index is 12.9. The van der Waals surface area contributed by atoms with E-state index in [1.165, 1.54) is 0 Å². The Morgan fingerprint density at radius 1 is 1.24 bits per heavy atom. The maximum absolute atomic E-state index is 12.9. The minimum Gasteiger partial charge on any atom is -0.493 e. The lowest BCUT2D eigenvalue weighted by Crippen LogP contribution is -2.39. The number of amides is 1. The predicted molar refractivity (Wildman–Crippen MR) is 105 cm³/mol. The van der Waals surface area contributed by atoms with Crippen LogP contribution in [-0.2, 0) is 4.79 Å². The summed E-state index contributed by atoms with van der Waals surface area (Å²) in [6, 6.07) is 7.58. The van der Waals surface area contributed by atoms with Gasteiger partial charge < -0.3 is 14.1 Å². The second-order valence-electron chi connectivity index (χ2n) is 7.00. The molecular formula is C21H23N5O3. The Morgan fingerprint density at radius 2 is 2.14 bits per heavy atom. The standard InChI is InChI=1S/C21H23N5O3/c1-15-6-2-3-8-18(15)28-13-9-19(27)26-12-5-4-7-17(26)21-25-24-20(29-21)16-14-22-10-11-23-16/h2-3,6,8,10-11,14,17H,4-5,7,9,12-13H2,1H3/t17-/m1/s1. The number of nitrogens with zero attached hydrogens (tertiary/aromatic N) is 5. The van der Waals surface area contributed by atoms with Crippen LogP contribution < -0.4 is 4.74 Å². The van der Waals surface area contributed by atoms with Crippen LogP contribution in [0.1, 0.15) is 43.2 Å². The number of likely N-dealkylation sites (tertiary alicyclic amines) is 1. The second-order valence-corrected chi connectivity index (χ2v) is 7.00. The zero-order chi connectivity index (χ0) is 20.1. The third-order valence-electron chi connectivity index (χ3n) is 5.00. The van der Waals surface area contributed by atoms with Crippen molar-refractivity contribution in [3.63, 3.8) is 0 Å². The van der Waals surface area contributed by atoms with Gasteiger partial charge in [-0.1, -0.05) is 18.2 Å². The average molecular weight is 393 g/mol. The van der Waals surface area contributed by atoms with E-state index in [-0.39, 0.29) is 11.9 Å². The van der Waals surface area contributed by atoms with E-state index in [9.17, 15) is 4.79 Å². The molecule has 0 aliphatic carbocycles. The molecule has 0 bridgehead atoms. The highest BCUT2D eigenvalue weighted by atomic mass is 16.5. The van der Waals surface area contributed by atoms with Gasteiger partial charge in [0.1, 0.15) is 17.5 Å². The van der Waals surface area contributed by atoms with E-state index in [0.29, 0.717) is 37.0 Å². The first-order valence-electron chi connectivity index (χ1n) is 9.80. The van der Waals surface area contributed by atoms with Crippen molar-refractivity contribution in [1.82, 2.24) is 25.1 Å². The Hall–Kier alpha value is -3.29. The van der Waals surface area contributed by atoms with Crippen LogP contribution in [0.4, 0.5) is 0 Å². The van der Waals surface area contributed by atoms with E-state index in [2.05, 4.69) is 20.2 Å². The molecule has 150 valence electrons. The minimum atomic E-state index is -0.215. The molecule has 1 aromatic carbocycles. The van der Waals surface area contributed by atoms with Crippen molar-refractivity contribution >= 4 is 5.91 Å². The van der Waals surface area contributed by atoms with Crippen molar-refractivity contribution in [2.75, 3.05) is 13.2 Å². The highest BCUT2D eigenvalue weighted by Gasteiger charge is 2.32. The third kappa shape index (κ3) is 4.42. The molecule has 1 aliphatic heterocycles. The number of rotatable bonds is 6. The average Bonchev–Trinajstić information content (AvgIpc) is 3.26. The Balaban J connectivity index is 1.41. The van der Waals surface area contributed by atoms with Crippen LogP contribution in [0, 0.1) is 6.92 Å². The molecular weight excluding hydrogens is 370 g/mol. The highest BCUT2D eigenvalue weighted by molar-refractivity contribution is 5.76. The molecule has 1 aliphatic rings. The van der Waals surface area contributed by atoms with E-state index in [4.69, 9.17) is 9.15 Å². The van der Waals surface area contributed by atoms with E-state index in [1.54, 1.807) is 18.6 Å². The summed E-state index contributed by atoms with van der Waals surface area (Å²) in [4.78, 5) is 22.9. The van der Waals surface area contributed by atoms with Gasteiger partial charge in [0.05, 0.1) is 19.2 Å². The van der Waals surface area contributed by atoms with Crippen LogP contribution >= 0.6 is 0 Å². The number of benzene rings is 1. The van der Waals surface area contributed by atoms with Crippen LogP contribution in [0.5, 0.6) is 5.75 Å². The Labute approximate surface area is 169 Å². The van der Waals surface area contributed by atoms with Crippen molar-refractivity contribution in [2.45, 2.75) is 38.6 Å². The minimum absolute atomic E-state index is 0.0301. The fourth-order valence-electron chi connectivity index (χ4n) is 3.48. The first-order valence-corrected chi connectivity index (χ1v) is 9.80. The van der Waals surface area contributed by atoms with Gasteiger partial charge in [-0.25, -0.2) is 4.98 Å². The quantitative estimate of drug-likeness (QED) is 0.634. The van der Waals surface area contributed by atoms with Crippen LogP contribution in [0.25, 0.3) is 11.6 Å². The summed E-state index contributed by atoms with van der Waals surface area (Å²) in [5.41, 5.74) is 1.57. The molecule has 1 fully saturated rings. The molecule has 1 amide bonds. The van der Waals surface area contributed by atoms with Gasteiger partial charge in [-0.2, -0.15) is 0 Å². The lowest BCUT2D eigenvalue weighted by molar-refractivity contribution is -0.136. The number of hydrogen-bond acceptors (Lipinski definition) is 7. The van der Waals surface area contributed by atoms with E-state index in [1.807, 2.05) is 36.1 Å². The molecule has 2 aromatic heterocycles. The lowest BCUT2D eigenvalue weighted by Gasteiger charge is -2.33. The first kappa shape index (κ1) is 19.0. The molecule has 0 N–H and O–H groups in total. The Bertz CT molecular complexity index is 960. The monoisotopic (exact) mass is 393 g/mol. The van der Waals surface area contributed by atoms with Crippen LogP contribution in [0.3, 0.4) is 0 Å². The SMILES string of the molecule is Cc1ccccc1OCCC(=O)N1CCCC[C@@H]1c1nnc(-c2cnccn2)o1. The van der Waals surface area contributed by atoms with Gasteiger partial charge >= 0.3 is 0 Å². The molecule has 1 atom stereocenters. The van der Waals surface area contributed by atoms with E-state index in [0.717, 1.165) is 30.6 Å². The summed E-state index contributed by atoms with van der Waals surface area (Å²) in [5, 5.41) is 8.26. The molecule has 8 nitrogen and oxygen atoms in total. The summed E-state index contributed by atoms with van der Waals surface area (Å²) in [7, 11) is 0. The largest absolute Gasteiger partial charge is 0.493 e. The molecule has 29 heavy (non-hydrogen) atoms. The molecule has 8 heteroatoms. The fourth-order valence-corrected chi connectivity index (χ4v) is 3.48. The molecule has 0 spiro atoms. The van der Waals surface area contributed by atoms with Crippen molar-refractivity contribution in [3.8, 4) is 17.3 Å². The number of carbonyl (C=O) groups excluding carboxylic acids is 1. The number of para-hydroxylation sites is 1. The van der Waals surface area contributed by atoms with Crippen LogP contribution in [-0.4, -0.2) is 44.1 Å². The zero-order valence-electron chi connectivity index (χ0n) is 16.3.